The van der Waals surface area contributed by atoms with Crippen molar-refractivity contribution in [2.75, 3.05) is 13.1 Å². The molecule has 1 rings (SSSR count). The number of aryl methyl sites for hydroxylation is 1. The van der Waals surface area contributed by atoms with E-state index in [-0.39, 0.29) is 0 Å². The van der Waals surface area contributed by atoms with Gasteiger partial charge in [0.25, 0.3) is 0 Å². The second-order valence-corrected chi connectivity index (χ2v) is 4.70. The Hall–Kier alpha value is -0.860. The molecule has 0 aliphatic rings. The van der Waals surface area contributed by atoms with Crippen molar-refractivity contribution >= 4 is 0 Å². The zero-order valence-corrected chi connectivity index (χ0v) is 10.8. The summed E-state index contributed by atoms with van der Waals surface area (Å²) in [5.41, 5.74) is 2.65. The molecule has 16 heavy (non-hydrogen) atoms. The third-order valence-corrected chi connectivity index (χ3v) is 3.08. The first-order valence-corrected chi connectivity index (χ1v) is 5.99. The predicted molar refractivity (Wildman–Crippen MR) is 68.6 cm³/mol. The van der Waals surface area contributed by atoms with E-state index in [1.54, 1.807) is 0 Å². The van der Waals surface area contributed by atoms with E-state index in [0.29, 0.717) is 6.54 Å². The van der Waals surface area contributed by atoms with Crippen LogP contribution >= 0.6 is 0 Å². The standard InChI is InChI=1S/C14H23NO/c1-5-9-15-10-14(4,16)13-8-6-7-11(2)12(13)3/h6-8,15-16H,5,9-10H2,1-4H3. The van der Waals surface area contributed by atoms with Gasteiger partial charge in [-0.05, 0) is 50.4 Å². The van der Waals surface area contributed by atoms with Crippen LogP contribution in [0.5, 0.6) is 0 Å². The first-order chi connectivity index (χ1) is 7.49. The fourth-order valence-corrected chi connectivity index (χ4v) is 1.94. The van der Waals surface area contributed by atoms with E-state index in [1.807, 2.05) is 19.1 Å². The average Bonchev–Trinajstić information content (AvgIpc) is 2.22. The summed E-state index contributed by atoms with van der Waals surface area (Å²) >= 11 is 0. The maximum Gasteiger partial charge on any atom is 0.0994 e. The fourth-order valence-electron chi connectivity index (χ4n) is 1.94. The molecule has 0 amide bonds. The lowest BCUT2D eigenvalue weighted by atomic mass is 9.90. The van der Waals surface area contributed by atoms with Crippen LogP contribution in [0, 0.1) is 13.8 Å². The van der Waals surface area contributed by atoms with Crippen molar-refractivity contribution in [1.29, 1.82) is 0 Å². The van der Waals surface area contributed by atoms with Gasteiger partial charge < -0.3 is 10.4 Å². The van der Waals surface area contributed by atoms with E-state index < -0.39 is 5.60 Å². The minimum Gasteiger partial charge on any atom is -0.384 e. The molecule has 1 unspecified atom stereocenters. The molecular formula is C14H23NO. The highest BCUT2D eigenvalue weighted by atomic mass is 16.3. The van der Waals surface area contributed by atoms with Crippen molar-refractivity contribution in [3.63, 3.8) is 0 Å². The molecule has 1 aromatic carbocycles. The van der Waals surface area contributed by atoms with Crippen molar-refractivity contribution in [2.45, 2.75) is 39.7 Å². The number of hydrogen-bond donors (Lipinski definition) is 2. The van der Waals surface area contributed by atoms with Crippen LogP contribution in [0.4, 0.5) is 0 Å². The van der Waals surface area contributed by atoms with Gasteiger partial charge in [0, 0.05) is 6.54 Å². The van der Waals surface area contributed by atoms with Gasteiger partial charge in [-0.2, -0.15) is 0 Å². The second kappa shape index (κ2) is 5.46. The molecule has 0 aliphatic carbocycles. The summed E-state index contributed by atoms with van der Waals surface area (Å²) in [6.07, 6.45) is 1.09. The maximum absolute atomic E-state index is 10.5. The van der Waals surface area contributed by atoms with Gasteiger partial charge in [0.15, 0.2) is 0 Å². The highest BCUT2D eigenvalue weighted by molar-refractivity contribution is 5.36. The van der Waals surface area contributed by atoms with E-state index in [0.717, 1.165) is 18.5 Å². The zero-order valence-electron chi connectivity index (χ0n) is 10.8. The normalized spacial score (nSPS) is 14.8. The van der Waals surface area contributed by atoms with E-state index >= 15 is 0 Å². The SMILES string of the molecule is CCCNCC(C)(O)c1cccc(C)c1C. The molecule has 0 radical (unpaired) electrons. The topological polar surface area (TPSA) is 32.3 Å². The summed E-state index contributed by atoms with van der Waals surface area (Å²) in [4.78, 5) is 0. The number of hydrogen-bond acceptors (Lipinski definition) is 2. The third kappa shape index (κ3) is 3.06. The van der Waals surface area contributed by atoms with Gasteiger partial charge in [-0.1, -0.05) is 25.1 Å². The molecule has 2 N–H and O–H groups in total. The Bertz CT molecular complexity index is 345. The Morgan fingerprint density at radius 2 is 2.00 bits per heavy atom. The minimum absolute atomic E-state index is 0.602. The molecule has 0 heterocycles. The zero-order chi connectivity index (χ0) is 12.2. The van der Waals surface area contributed by atoms with Crippen molar-refractivity contribution in [2.24, 2.45) is 0 Å². The number of rotatable bonds is 5. The van der Waals surface area contributed by atoms with Gasteiger partial charge in [0.2, 0.25) is 0 Å². The van der Waals surface area contributed by atoms with Gasteiger partial charge in [-0.3, -0.25) is 0 Å². The number of nitrogens with one attached hydrogen (secondary N) is 1. The largest absolute Gasteiger partial charge is 0.384 e. The van der Waals surface area contributed by atoms with Crippen LogP contribution in [0.1, 0.15) is 37.0 Å². The van der Waals surface area contributed by atoms with E-state index in [1.165, 1.54) is 11.1 Å². The molecular weight excluding hydrogens is 198 g/mol. The molecule has 0 aromatic heterocycles. The molecule has 1 atom stereocenters. The molecule has 1 aromatic rings. The first kappa shape index (κ1) is 13.2. The van der Waals surface area contributed by atoms with Crippen LogP contribution < -0.4 is 5.32 Å². The Kier molecular flexibility index (Phi) is 4.51. The molecule has 0 fully saturated rings. The smallest absolute Gasteiger partial charge is 0.0994 e. The molecule has 0 saturated carbocycles. The summed E-state index contributed by atoms with van der Waals surface area (Å²) in [5, 5.41) is 13.7. The fraction of sp³-hybridized carbons (Fsp3) is 0.571. The lowest BCUT2D eigenvalue weighted by molar-refractivity contribution is 0.0565. The van der Waals surface area contributed by atoms with Crippen LogP contribution in [0.2, 0.25) is 0 Å². The van der Waals surface area contributed by atoms with Gasteiger partial charge in [0.05, 0.1) is 5.60 Å². The van der Waals surface area contributed by atoms with Crippen LogP contribution in [0.15, 0.2) is 18.2 Å². The average molecular weight is 221 g/mol. The summed E-state index contributed by atoms with van der Waals surface area (Å²) in [7, 11) is 0. The summed E-state index contributed by atoms with van der Waals surface area (Å²) < 4.78 is 0. The molecule has 0 saturated heterocycles. The van der Waals surface area contributed by atoms with Gasteiger partial charge in [0.1, 0.15) is 0 Å². The summed E-state index contributed by atoms with van der Waals surface area (Å²) in [6.45, 7) is 9.69. The number of aliphatic hydroxyl groups is 1. The van der Waals surface area contributed by atoms with E-state index in [2.05, 4.69) is 32.2 Å². The predicted octanol–water partition coefficient (Wildman–Crippen LogP) is 2.51. The highest BCUT2D eigenvalue weighted by Crippen LogP contribution is 2.25. The van der Waals surface area contributed by atoms with E-state index in [4.69, 9.17) is 0 Å². The molecule has 2 nitrogen and oxygen atoms in total. The van der Waals surface area contributed by atoms with Crippen molar-refractivity contribution in [3.05, 3.63) is 34.9 Å². The van der Waals surface area contributed by atoms with Gasteiger partial charge >= 0.3 is 0 Å². The Morgan fingerprint density at radius 3 is 2.62 bits per heavy atom. The number of benzene rings is 1. The second-order valence-electron chi connectivity index (χ2n) is 4.70. The van der Waals surface area contributed by atoms with E-state index in [9.17, 15) is 5.11 Å². The quantitative estimate of drug-likeness (QED) is 0.749. The highest BCUT2D eigenvalue weighted by Gasteiger charge is 2.24. The lowest BCUT2D eigenvalue weighted by Crippen LogP contribution is -2.36. The molecule has 0 bridgehead atoms. The monoisotopic (exact) mass is 221 g/mol. The lowest BCUT2D eigenvalue weighted by Gasteiger charge is -2.26. The Labute approximate surface area is 98.7 Å². The van der Waals surface area contributed by atoms with Crippen molar-refractivity contribution < 1.29 is 5.11 Å². The Morgan fingerprint density at radius 1 is 1.31 bits per heavy atom. The van der Waals surface area contributed by atoms with Crippen molar-refractivity contribution in [1.82, 2.24) is 5.32 Å². The third-order valence-electron chi connectivity index (χ3n) is 3.08. The van der Waals surface area contributed by atoms with Crippen LogP contribution in [0.3, 0.4) is 0 Å². The molecule has 90 valence electrons. The molecule has 0 spiro atoms. The van der Waals surface area contributed by atoms with Gasteiger partial charge in [-0.25, -0.2) is 0 Å². The first-order valence-electron chi connectivity index (χ1n) is 5.99. The van der Waals surface area contributed by atoms with Crippen LogP contribution in [-0.2, 0) is 5.60 Å². The van der Waals surface area contributed by atoms with Gasteiger partial charge in [-0.15, -0.1) is 0 Å². The van der Waals surface area contributed by atoms with Crippen molar-refractivity contribution in [3.8, 4) is 0 Å². The minimum atomic E-state index is -0.786. The Balaban J connectivity index is 2.84. The maximum atomic E-state index is 10.5. The summed E-state index contributed by atoms with van der Waals surface area (Å²) in [5.74, 6) is 0. The van der Waals surface area contributed by atoms with Crippen LogP contribution in [0.25, 0.3) is 0 Å². The summed E-state index contributed by atoms with van der Waals surface area (Å²) in [6, 6.07) is 6.09. The van der Waals surface area contributed by atoms with Crippen LogP contribution in [-0.4, -0.2) is 18.2 Å². The molecule has 2 heteroatoms. The molecule has 0 aliphatic heterocycles.